The third-order valence-corrected chi connectivity index (χ3v) is 2.85. The number of carbonyl (C=O) groups is 1. The lowest BCUT2D eigenvalue weighted by Crippen LogP contribution is -2.35. The molecule has 0 aromatic carbocycles. The fraction of sp³-hybridized carbons (Fsp3) is 0.889. The predicted octanol–water partition coefficient (Wildman–Crippen LogP) is 0.166. The lowest BCUT2D eigenvalue weighted by molar-refractivity contribution is -0.134. The van der Waals surface area contributed by atoms with E-state index in [9.17, 15) is 9.18 Å². The van der Waals surface area contributed by atoms with Gasteiger partial charge in [0.1, 0.15) is 6.17 Å². The summed E-state index contributed by atoms with van der Waals surface area (Å²) >= 11 is 0. The van der Waals surface area contributed by atoms with Gasteiger partial charge in [0.05, 0.1) is 12.5 Å². The smallest absolute Gasteiger partial charge is 0.227 e. The average molecular weight is 186 g/mol. The number of rotatable bonds is 1. The van der Waals surface area contributed by atoms with E-state index in [0.717, 1.165) is 19.5 Å². The van der Waals surface area contributed by atoms with E-state index in [4.69, 9.17) is 0 Å². The molecule has 2 aliphatic heterocycles. The number of hydrogen-bond acceptors (Lipinski definition) is 2. The molecule has 1 amide bonds. The summed E-state index contributed by atoms with van der Waals surface area (Å²) in [5.74, 6) is 0.246. The first-order valence-corrected chi connectivity index (χ1v) is 4.91. The van der Waals surface area contributed by atoms with Crippen molar-refractivity contribution in [2.24, 2.45) is 5.92 Å². The highest BCUT2D eigenvalue weighted by atomic mass is 19.1. The summed E-state index contributed by atoms with van der Waals surface area (Å²) in [7, 11) is 0. The second kappa shape index (κ2) is 3.62. The second-order valence-electron chi connectivity index (χ2n) is 3.86. The van der Waals surface area contributed by atoms with E-state index < -0.39 is 6.17 Å². The minimum absolute atomic E-state index is 0.102. The van der Waals surface area contributed by atoms with Crippen LogP contribution >= 0.6 is 0 Å². The van der Waals surface area contributed by atoms with Crippen molar-refractivity contribution < 1.29 is 9.18 Å². The van der Waals surface area contributed by atoms with Gasteiger partial charge in [-0.25, -0.2) is 4.39 Å². The van der Waals surface area contributed by atoms with Crippen LogP contribution in [-0.2, 0) is 4.79 Å². The van der Waals surface area contributed by atoms with Crippen LogP contribution in [0.3, 0.4) is 0 Å². The molecule has 0 aliphatic carbocycles. The molecule has 2 rings (SSSR count). The fourth-order valence-electron chi connectivity index (χ4n) is 2.04. The Hall–Kier alpha value is -0.640. The number of nitrogens with one attached hydrogen (secondary N) is 1. The maximum absolute atomic E-state index is 12.8. The molecule has 0 aromatic rings. The molecule has 3 nitrogen and oxygen atoms in total. The third-order valence-electron chi connectivity index (χ3n) is 2.85. The van der Waals surface area contributed by atoms with Crippen molar-refractivity contribution in [1.82, 2.24) is 10.2 Å². The number of carbonyl (C=O) groups excluding carboxylic acids is 1. The van der Waals surface area contributed by atoms with Gasteiger partial charge in [0.15, 0.2) is 0 Å². The molecule has 2 fully saturated rings. The molecular weight excluding hydrogens is 171 g/mol. The molecule has 74 valence electrons. The summed E-state index contributed by atoms with van der Waals surface area (Å²) in [6.07, 6.45) is 0.636. The van der Waals surface area contributed by atoms with Crippen LogP contribution < -0.4 is 5.32 Å². The quantitative estimate of drug-likeness (QED) is 0.633. The number of nitrogens with zero attached hydrogens (tertiary/aromatic N) is 1. The van der Waals surface area contributed by atoms with Gasteiger partial charge in [-0.1, -0.05) is 0 Å². The fourth-order valence-corrected chi connectivity index (χ4v) is 2.04. The third kappa shape index (κ3) is 1.82. The standard InChI is InChI=1S/C9H15FN2O/c10-8-2-4-12(6-8)9(13)7-1-3-11-5-7/h7-8,11H,1-6H2/t7-,8+/m0/s1. The Labute approximate surface area is 77.3 Å². The average Bonchev–Trinajstić information content (AvgIpc) is 2.72. The minimum atomic E-state index is -0.793. The Morgan fingerprint density at radius 3 is 2.85 bits per heavy atom. The maximum atomic E-state index is 12.8. The Kier molecular flexibility index (Phi) is 2.49. The van der Waals surface area contributed by atoms with Gasteiger partial charge in [0.25, 0.3) is 0 Å². The Morgan fingerprint density at radius 2 is 2.31 bits per heavy atom. The van der Waals surface area contributed by atoms with Gasteiger partial charge in [-0.2, -0.15) is 0 Å². The maximum Gasteiger partial charge on any atom is 0.227 e. The van der Waals surface area contributed by atoms with Crippen LogP contribution in [0, 0.1) is 5.92 Å². The number of amides is 1. The first kappa shape index (κ1) is 8.94. The van der Waals surface area contributed by atoms with E-state index in [2.05, 4.69) is 5.32 Å². The van der Waals surface area contributed by atoms with Gasteiger partial charge in [0.2, 0.25) is 5.91 Å². The zero-order valence-corrected chi connectivity index (χ0v) is 7.63. The second-order valence-corrected chi connectivity index (χ2v) is 3.86. The highest BCUT2D eigenvalue weighted by Gasteiger charge is 2.31. The van der Waals surface area contributed by atoms with Crippen molar-refractivity contribution in [3.8, 4) is 0 Å². The van der Waals surface area contributed by atoms with Gasteiger partial charge in [-0.3, -0.25) is 4.79 Å². The molecule has 13 heavy (non-hydrogen) atoms. The molecule has 2 saturated heterocycles. The lowest BCUT2D eigenvalue weighted by atomic mass is 10.1. The van der Waals surface area contributed by atoms with Crippen LogP contribution in [0.5, 0.6) is 0 Å². The zero-order valence-electron chi connectivity index (χ0n) is 7.63. The van der Waals surface area contributed by atoms with Crippen molar-refractivity contribution in [2.45, 2.75) is 19.0 Å². The highest BCUT2D eigenvalue weighted by Crippen LogP contribution is 2.18. The van der Waals surface area contributed by atoms with Gasteiger partial charge in [-0.15, -0.1) is 0 Å². The van der Waals surface area contributed by atoms with Crippen LogP contribution in [0.2, 0.25) is 0 Å². The van der Waals surface area contributed by atoms with E-state index in [-0.39, 0.29) is 11.8 Å². The minimum Gasteiger partial charge on any atom is -0.339 e. The normalized spacial score (nSPS) is 34.1. The summed E-state index contributed by atoms with van der Waals surface area (Å²) in [6.45, 7) is 2.61. The molecule has 2 atom stereocenters. The molecule has 4 heteroatoms. The van der Waals surface area contributed by atoms with E-state index in [1.807, 2.05) is 0 Å². The zero-order chi connectivity index (χ0) is 9.26. The van der Waals surface area contributed by atoms with Crippen LogP contribution in [0.15, 0.2) is 0 Å². The van der Waals surface area contributed by atoms with Crippen molar-refractivity contribution in [2.75, 3.05) is 26.2 Å². The van der Waals surface area contributed by atoms with Crippen molar-refractivity contribution in [1.29, 1.82) is 0 Å². The molecule has 0 aromatic heterocycles. The van der Waals surface area contributed by atoms with Gasteiger partial charge in [0, 0.05) is 13.1 Å². The molecule has 2 aliphatic rings. The SMILES string of the molecule is O=C([C@H]1CCNC1)N1CC[C@@H](F)C1. The number of alkyl halides is 1. The number of hydrogen-bond donors (Lipinski definition) is 1. The van der Waals surface area contributed by atoms with E-state index in [0.29, 0.717) is 19.5 Å². The Bertz CT molecular complexity index is 204. The summed E-state index contributed by atoms with van der Waals surface area (Å²) in [5.41, 5.74) is 0. The van der Waals surface area contributed by atoms with Crippen LogP contribution in [-0.4, -0.2) is 43.2 Å². The van der Waals surface area contributed by atoms with Crippen LogP contribution in [0.4, 0.5) is 4.39 Å². The van der Waals surface area contributed by atoms with Gasteiger partial charge >= 0.3 is 0 Å². The molecule has 0 bridgehead atoms. The summed E-state index contributed by atoms with van der Waals surface area (Å²) in [4.78, 5) is 13.4. The van der Waals surface area contributed by atoms with Crippen molar-refractivity contribution in [3.05, 3.63) is 0 Å². The first-order valence-electron chi connectivity index (χ1n) is 4.91. The molecule has 1 N–H and O–H groups in total. The molecule has 0 spiro atoms. The van der Waals surface area contributed by atoms with Crippen molar-refractivity contribution >= 4 is 5.91 Å². The van der Waals surface area contributed by atoms with E-state index in [1.165, 1.54) is 0 Å². The number of likely N-dealkylation sites (tertiary alicyclic amines) is 1. The van der Waals surface area contributed by atoms with Crippen LogP contribution in [0.25, 0.3) is 0 Å². The molecule has 0 saturated carbocycles. The topological polar surface area (TPSA) is 32.3 Å². The largest absolute Gasteiger partial charge is 0.339 e. The number of halogens is 1. The monoisotopic (exact) mass is 186 g/mol. The summed E-state index contributed by atoms with van der Waals surface area (Å²) < 4.78 is 12.8. The predicted molar refractivity (Wildman–Crippen MR) is 47.1 cm³/mol. The van der Waals surface area contributed by atoms with Crippen LogP contribution in [0.1, 0.15) is 12.8 Å². The molecule has 0 unspecified atom stereocenters. The Morgan fingerprint density at radius 1 is 1.46 bits per heavy atom. The van der Waals surface area contributed by atoms with Gasteiger partial charge in [-0.05, 0) is 19.4 Å². The summed E-state index contributed by atoms with van der Waals surface area (Å²) in [6, 6.07) is 0. The van der Waals surface area contributed by atoms with Gasteiger partial charge < -0.3 is 10.2 Å². The first-order chi connectivity index (χ1) is 6.27. The highest BCUT2D eigenvalue weighted by molar-refractivity contribution is 5.79. The summed E-state index contributed by atoms with van der Waals surface area (Å²) in [5, 5.41) is 3.15. The molecular formula is C9H15FN2O. The molecule has 2 heterocycles. The Balaban J connectivity index is 1.89. The van der Waals surface area contributed by atoms with E-state index >= 15 is 0 Å². The van der Waals surface area contributed by atoms with Crippen molar-refractivity contribution in [3.63, 3.8) is 0 Å². The molecule has 0 radical (unpaired) electrons. The van der Waals surface area contributed by atoms with E-state index in [1.54, 1.807) is 4.90 Å². The lowest BCUT2D eigenvalue weighted by Gasteiger charge is -2.18.